The van der Waals surface area contributed by atoms with Gasteiger partial charge in [-0.1, -0.05) is 245 Å². The first-order valence-corrected chi connectivity index (χ1v) is 26.7. The second kappa shape index (κ2) is 49.8. The lowest BCUT2D eigenvalue weighted by atomic mass is 10.0. The molecule has 0 heterocycles. The standard InChI is InChI=1S/C54H102O6/c1-4-7-10-13-16-19-22-24-25-26-27-28-30-32-35-38-41-44-47-53(56)59-50-51(49-58-52(55)46-43-40-37-34-31-21-18-15-12-9-6-3)60-54(57)48-45-42-39-36-33-29-23-20-17-14-11-8-5-2/h27-28,51H,4-26,29-50H2,1-3H3/b28-27-. The van der Waals surface area contributed by atoms with Gasteiger partial charge in [-0.2, -0.15) is 0 Å². The minimum atomic E-state index is -0.766. The molecule has 1 unspecified atom stereocenters. The first-order valence-electron chi connectivity index (χ1n) is 26.7. The molecule has 0 aromatic rings. The molecule has 0 aliphatic heterocycles. The molecule has 0 saturated carbocycles. The van der Waals surface area contributed by atoms with Gasteiger partial charge in [0.2, 0.25) is 0 Å². The van der Waals surface area contributed by atoms with Crippen molar-refractivity contribution < 1.29 is 28.6 Å². The molecule has 6 nitrogen and oxygen atoms in total. The third-order valence-corrected chi connectivity index (χ3v) is 12.0. The second-order valence-electron chi connectivity index (χ2n) is 18.2. The van der Waals surface area contributed by atoms with Gasteiger partial charge in [0.25, 0.3) is 0 Å². The number of carbonyl (C=O) groups is 3. The van der Waals surface area contributed by atoms with E-state index in [1.807, 2.05) is 0 Å². The van der Waals surface area contributed by atoms with Gasteiger partial charge in [0.05, 0.1) is 0 Å². The van der Waals surface area contributed by atoms with Crippen LogP contribution < -0.4 is 0 Å². The Labute approximate surface area is 373 Å². The molecule has 0 spiro atoms. The summed E-state index contributed by atoms with van der Waals surface area (Å²) in [6.45, 7) is 6.66. The van der Waals surface area contributed by atoms with E-state index in [9.17, 15) is 14.4 Å². The number of rotatable bonds is 49. The first-order chi connectivity index (χ1) is 29.5. The Balaban J connectivity index is 4.29. The smallest absolute Gasteiger partial charge is 0.306 e. The molecule has 1 atom stereocenters. The number of unbranched alkanes of at least 4 members (excludes halogenated alkanes) is 36. The third-order valence-electron chi connectivity index (χ3n) is 12.0. The average Bonchev–Trinajstić information content (AvgIpc) is 3.24. The molecule has 0 bridgehead atoms. The van der Waals surface area contributed by atoms with Crippen LogP contribution in [0.15, 0.2) is 12.2 Å². The molecule has 6 heteroatoms. The van der Waals surface area contributed by atoms with E-state index >= 15 is 0 Å². The van der Waals surface area contributed by atoms with E-state index < -0.39 is 6.10 Å². The summed E-state index contributed by atoms with van der Waals surface area (Å²) in [5.41, 5.74) is 0. The van der Waals surface area contributed by atoms with Crippen molar-refractivity contribution in [1.29, 1.82) is 0 Å². The molecule has 0 aromatic carbocycles. The van der Waals surface area contributed by atoms with E-state index in [-0.39, 0.29) is 31.1 Å². The van der Waals surface area contributed by atoms with Crippen molar-refractivity contribution in [3.63, 3.8) is 0 Å². The number of hydrogen-bond acceptors (Lipinski definition) is 6. The number of allylic oxidation sites excluding steroid dienone is 2. The van der Waals surface area contributed by atoms with Crippen molar-refractivity contribution in [3.8, 4) is 0 Å². The Kier molecular flexibility index (Phi) is 48.3. The summed E-state index contributed by atoms with van der Waals surface area (Å²) < 4.78 is 16.8. The summed E-state index contributed by atoms with van der Waals surface area (Å²) in [7, 11) is 0. The number of esters is 3. The predicted octanol–water partition coefficient (Wildman–Crippen LogP) is 17.4. The summed E-state index contributed by atoms with van der Waals surface area (Å²) in [6, 6.07) is 0. The van der Waals surface area contributed by atoms with Crippen molar-refractivity contribution in [3.05, 3.63) is 12.2 Å². The Morgan fingerprint density at radius 1 is 0.317 bits per heavy atom. The van der Waals surface area contributed by atoms with Gasteiger partial charge in [0.1, 0.15) is 13.2 Å². The van der Waals surface area contributed by atoms with Gasteiger partial charge in [-0.05, 0) is 44.9 Å². The normalized spacial score (nSPS) is 12.0. The highest BCUT2D eigenvalue weighted by molar-refractivity contribution is 5.71. The van der Waals surface area contributed by atoms with E-state index in [0.29, 0.717) is 19.3 Å². The molecule has 0 amide bonds. The Morgan fingerprint density at radius 2 is 0.550 bits per heavy atom. The molecule has 0 radical (unpaired) electrons. The van der Waals surface area contributed by atoms with Gasteiger partial charge in [0.15, 0.2) is 6.10 Å². The summed E-state index contributed by atoms with van der Waals surface area (Å²) in [5, 5.41) is 0. The van der Waals surface area contributed by atoms with Crippen LogP contribution in [-0.2, 0) is 28.6 Å². The third kappa shape index (κ3) is 47.2. The molecular weight excluding hydrogens is 745 g/mol. The summed E-state index contributed by atoms with van der Waals surface area (Å²) in [5.74, 6) is -0.859. The lowest BCUT2D eigenvalue weighted by molar-refractivity contribution is -0.167. The van der Waals surface area contributed by atoms with Crippen LogP contribution in [0, 0.1) is 0 Å². The van der Waals surface area contributed by atoms with Crippen molar-refractivity contribution in [1.82, 2.24) is 0 Å². The van der Waals surface area contributed by atoms with Gasteiger partial charge in [-0.15, -0.1) is 0 Å². The molecule has 0 N–H and O–H groups in total. The van der Waals surface area contributed by atoms with E-state index in [1.54, 1.807) is 0 Å². The first kappa shape index (κ1) is 58.1. The topological polar surface area (TPSA) is 78.9 Å². The van der Waals surface area contributed by atoms with Crippen molar-refractivity contribution >= 4 is 17.9 Å². The quantitative estimate of drug-likeness (QED) is 0.0263. The van der Waals surface area contributed by atoms with Gasteiger partial charge in [-0.3, -0.25) is 14.4 Å². The summed E-state index contributed by atoms with van der Waals surface area (Å²) >= 11 is 0. The van der Waals surface area contributed by atoms with E-state index in [2.05, 4.69) is 32.9 Å². The lowest BCUT2D eigenvalue weighted by Gasteiger charge is -2.18. The molecule has 0 fully saturated rings. The van der Waals surface area contributed by atoms with Crippen molar-refractivity contribution in [2.75, 3.05) is 13.2 Å². The van der Waals surface area contributed by atoms with Gasteiger partial charge in [0, 0.05) is 19.3 Å². The van der Waals surface area contributed by atoms with Gasteiger partial charge in [-0.25, -0.2) is 0 Å². The summed E-state index contributed by atoms with van der Waals surface area (Å²) in [4.78, 5) is 37.9. The zero-order valence-electron chi connectivity index (χ0n) is 40.5. The lowest BCUT2D eigenvalue weighted by Crippen LogP contribution is -2.30. The predicted molar refractivity (Wildman–Crippen MR) is 256 cm³/mol. The van der Waals surface area contributed by atoms with Gasteiger partial charge >= 0.3 is 17.9 Å². The Hall–Kier alpha value is -1.85. The van der Waals surface area contributed by atoms with Crippen LogP contribution in [0.5, 0.6) is 0 Å². The highest BCUT2D eigenvalue weighted by Gasteiger charge is 2.19. The van der Waals surface area contributed by atoms with E-state index in [1.165, 1.54) is 193 Å². The molecule has 0 rings (SSSR count). The fraction of sp³-hybridized carbons (Fsp3) is 0.907. The fourth-order valence-corrected chi connectivity index (χ4v) is 7.97. The second-order valence-corrected chi connectivity index (χ2v) is 18.2. The fourth-order valence-electron chi connectivity index (χ4n) is 7.97. The monoisotopic (exact) mass is 847 g/mol. The number of ether oxygens (including phenoxy) is 3. The maximum atomic E-state index is 12.8. The molecule has 0 saturated heterocycles. The van der Waals surface area contributed by atoms with Crippen LogP contribution in [0.3, 0.4) is 0 Å². The van der Waals surface area contributed by atoms with E-state index in [0.717, 1.165) is 64.2 Å². The number of hydrogen-bond donors (Lipinski definition) is 0. The van der Waals surface area contributed by atoms with E-state index in [4.69, 9.17) is 14.2 Å². The maximum absolute atomic E-state index is 12.8. The molecule has 0 aliphatic carbocycles. The van der Waals surface area contributed by atoms with Crippen LogP contribution in [0.25, 0.3) is 0 Å². The Morgan fingerprint density at radius 3 is 0.833 bits per heavy atom. The SMILES string of the molecule is CCCCCCCCCCC/C=C\CCCCCCCC(=O)OCC(COC(=O)CCCCCCCCCCCCC)OC(=O)CCCCCCCCCCCCCCC. The molecular formula is C54H102O6. The average molecular weight is 847 g/mol. The van der Waals surface area contributed by atoms with Crippen LogP contribution in [-0.4, -0.2) is 37.2 Å². The maximum Gasteiger partial charge on any atom is 0.306 e. The minimum Gasteiger partial charge on any atom is -0.462 e. The molecule has 60 heavy (non-hydrogen) atoms. The van der Waals surface area contributed by atoms with Gasteiger partial charge < -0.3 is 14.2 Å². The number of carbonyl (C=O) groups excluding carboxylic acids is 3. The zero-order chi connectivity index (χ0) is 43.7. The van der Waals surface area contributed by atoms with Crippen molar-refractivity contribution in [2.45, 2.75) is 303 Å². The highest BCUT2D eigenvalue weighted by Crippen LogP contribution is 2.16. The van der Waals surface area contributed by atoms with Crippen molar-refractivity contribution in [2.24, 2.45) is 0 Å². The molecule has 354 valence electrons. The molecule has 0 aliphatic rings. The van der Waals surface area contributed by atoms with Crippen LogP contribution in [0.1, 0.15) is 297 Å². The largest absolute Gasteiger partial charge is 0.462 e. The highest BCUT2D eigenvalue weighted by atomic mass is 16.6. The minimum absolute atomic E-state index is 0.0673. The van der Waals surface area contributed by atoms with Crippen LogP contribution >= 0.6 is 0 Å². The zero-order valence-corrected chi connectivity index (χ0v) is 40.5. The summed E-state index contributed by atoms with van der Waals surface area (Å²) in [6.07, 6.45) is 54.8. The van der Waals surface area contributed by atoms with Crippen LogP contribution in [0.4, 0.5) is 0 Å². The Bertz CT molecular complexity index is 931. The molecule has 0 aromatic heterocycles. The van der Waals surface area contributed by atoms with Crippen LogP contribution in [0.2, 0.25) is 0 Å².